The van der Waals surface area contributed by atoms with Crippen LogP contribution in [0.15, 0.2) is 18.2 Å². The maximum atomic E-state index is 13.9. The van der Waals surface area contributed by atoms with Crippen LogP contribution in [-0.2, 0) is 6.42 Å². The van der Waals surface area contributed by atoms with Crippen LogP contribution in [0, 0.1) is 17.0 Å². The topological polar surface area (TPSA) is 12.0 Å². The van der Waals surface area contributed by atoms with Gasteiger partial charge in [-0.05, 0) is 61.4 Å². The first kappa shape index (κ1) is 16.4. The fourth-order valence-corrected chi connectivity index (χ4v) is 3.51. The molecule has 0 heterocycles. The van der Waals surface area contributed by atoms with Gasteiger partial charge in [0.25, 0.3) is 0 Å². The van der Waals surface area contributed by atoms with E-state index in [0.29, 0.717) is 12.0 Å². The summed E-state index contributed by atoms with van der Waals surface area (Å²) >= 11 is 0. The molecule has 1 aromatic rings. The summed E-state index contributed by atoms with van der Waals surface area (Å²) in [6.45, 7) is 5.36. The molecule has 0 radical (unpaired) electrons. The van der Waals surface area contributed by atoms with Gasteiger partial charge in [-0.1, -0.05) is 33.1 Å². The Morgan fingerprint density at radius 1 is 1.19 bits per heavy atom. The van der Waals surface area contributed by atoms with E-state index in [4.69, 9.17) is 0 Å². The predicted octanol–water partition coefficient (Wildman–Crippen LogP) is 4.85. The van der Waals surface area contributed by atoms with Crippen molar-refractivity contribution in [3.05, 3.63) is 35.4 Å². The number of hydrogen-bond acceptors (Lipinski definition) is 1. The van der Waals surface area contributed by atoms with Crippen molar-refractivity contribution in [1.82, 2.24) is 5.32 Å². The largest absolute Gasteiger partial charge is 0.313 e. The zero-order valence-electron chi connectivity index (χ0n) is 13.2. The fourth-order valence-electron chi connectivity index (χ4n) is 3.51. The molecule has 1 N–H and O–H groups in total. The van der Waals surface area contributed by atoms with Gasteiger partial charge in [-0.15, -0.1) is 0 Å². The molecule has 0 aromatic heterocycles. The van der Waals surface area contributed by atoms with E-state index in [-0.39, 0.29) is 23.1 Å². The molecule has 1 aliphatic rings. The van der Waals surface area contributed by atoms with Gasteiger partial charge in [0.2, 0.25) is 0 Å². The number of rotatable bonds is 6. The molecular weight excluding hydrogens is 268 g/mol. The highest BCUT2D eigenvalue weighted by molar-refractivity contribution is 5.20. The molecule has 21 heavy (non-hydrogen) atoms. The molecule has 118 valence electrons. The van der Waals surface area contributed by atoms with Crippen LogP contribution in [0.5, 0.6) is 0 Å². The van der Waals surface area contributed by atoms with Gasteiger partial charge in [0.1, 0.15) is 11.6 Å². The van der Waals surface area contributed by atoms with Gasteiger partial charge in [0.15, 0.2) is 0 Å². The van der Waals surface area contributed by atoms with Gasteiger partial charge in [-0.3, -0.25) is 0 Å². The Bertz CT molecular complexity index is 453. The number of hydrogen-bond donors (Lipinski definition) is 1. The molecule has 1 aliphatic carbocycles. The van der Waals surface area contributed by atoms with Gasteiger partial charge < -0.3 is 5.32 Å². The van der Waals surface area contributed by atoms with Crippen molar-refractivity contribution in [1.29, 1.82) is 0 Å². The predicted molar refractivity (Wildman–Crippen MR) is 83.3 cm³/mol. The van der Waals surface area contributed by atoms with E-state index in [1.54, 1.807) is 0 Å². The van der Waals surface area contributed by atoms with E-state index < -0.39 is 0 Å². The highest BCUT2D eigenvalue weighted by Crippen LogP contribution is 2.40. The van der Waals surface area contributed by atoms with Crippen molar-refractivity contribution in [2.75, 3.05) is 6.54 Å². The smallest absolute Gasteiger partial charge is 0.126 e. The van der Waals surface area contributed by atoms with Gasteiger partial charge >= 0.3 is 0 Å². The average molecular weight is 295 g/mol. The van der Waals surface area contributed by atoms with Crippen LogP contribution in [0.1, 0.15) is 57.9 Å². The lowest BCUT2D eigenvalue weighted by Crippen LogP contribution is -2.46. The van der Waals surface area contributed by atoms with Crippen LogP contribution in [0.25, 0.3) is 0 Å². The molecule has 1 fully saturated rings. The highest BCUT2D eigenvalue weighted by atomic mass is 19.1. The quantitative estimate of drug-likeness (QED) is 0.791. The zero-order valence-corrected chi connectivity index (χ0v) is 13.2. The summed E-state index contributed by atoms with van der Waals surface area (Å²) in [4.78, 5) is 0. The Balaban J connectivity index is 2.17. The van der Waals surface area contributed by atoms with Crippen LogP contribution < -0.4 is 5.32 Å². The van der Waals surface area contributed by atoms with Crippen LogP contribution in [0.2, 0.25) is 0 Å². The second-order valence-electron chi connectivity index (χ2n) is 6.66. The molecule has 1 unspecified atom stereocenters. The van der Waals surface area contributed by atoms with Gasteiger partial charge in [0.05, 0.1) is 0 Å². The third kappa shape index (κ3) is 4.26. The van der Waals surface area contributed by atoms with E-state index in [2.05, 4.69) is 19.2 Å². The summed E-state index contributed by atoms with van der Waals surface area (Å²) in [5.74, 6) is -0.645. The number of benzene rings is 1. The molecule has 1 atom stereocenters. The monoisotopic (exact) mass is 295 g/mol. The van der Waals surface area contributed by atoms with E-state index in [1.807, 2.05) is 0 Å². The van der Waals surface area contributed by atoms with Crippen LogP contribution >= 0.6 is 0 Å². The highest BCUT2D eigenvalue weighted by Gasteiger charge is 2.35. The van der Waals surface area contributed by atoms with Crippen molar-refractivity contribution in [3.8, 4) is 0 Å². The minimum Gasteiger partial charge on any atom is -0.313 e. The van der Waals surface area contributed by atoms with Crippen LogP contribution in [-0.4, -0.2) is 12.6 Å². The van der Waals surface area contributed by atoms with Crippen molar-refractivity contribution >= 4 is 0 Å². The average Bonchev–Trinajstić information content (AvgIpc) is 2.47. The summed E-state index contributed by atoms with van der Waals surface area (Å²) in [6.07, 6.45) is 7.75. The van der Waals surface area contributed by atoms with E-state index in [1.165, 1.54) is 50.3 Å². The standard InChI is InChI=1S/C18H27F2N/c1-3-11-21-17(18(2)9-5-4-6-10-18)13-14-12-15(19)7-8-16(14)20/h7-8,12,17,21H,3-6,9-11,13H2,1-2H3. The zero-order chi connectivity index (χ0) is 15.3. The first-order chi connectivity index (χ1) is 10.0. The second-order valence-corrected chi connectivity index (χ2v) is 6.66. The molecule has 0 aliphatic heterocycles. The summed E-state index contributed by atoms with van der Waals surface area (Å²) in [7, 11) is 0. The Labute approximate surface area is 127 Å². The maximum Gasteiger partial charge on any atom is 0.126 e. The lowest BCUT2D eigenvalue weighted by atomic mass is 9.69. The van der Waals surface area contributed by atoms with Gasteiger partial charge in [0, 0.05) is 6.04 Å². The van der Waals surface area contributed by atoms with E-state index in [9.17, 15) is 8.78 Å². The van der Waals surface area contributed by atoms with Crippen molar-refractivity contribution in [2.24, 2.45) is 5.41 Å². The molecule has 0 amide bonds. The van der Waals surface area contributed by atoms with Crippen molar-refractivity contribution in [2.45, 2.75) is 64.8 Å². The Hall–Kier alpha value is -0.960. The molecule has 2 rings (SSSR count). The van der Waals surface area contributed by atoms with Gasteiger partial charge in [-0.2, -0.15) is 0 Å². The fraction of sp³-hybridized carbons (Fsp3) is 0.667. The molecule has 1 aromatic carbocycles. The summed E-state index contributed by atoms with van der Waals surface area (Å²) in [6, 6.07) is 4.00. The maximum absolute atomic E-state index is 13.9. The van der Waals surface area contributed by atoms with Gasteiger partial charge in [-0.25, -0.2) is 8.78 Å². The summed E-state index contributed by atoms with van der Waals surface area (Å²) < 4.78 is 27.3. The van der Waals surface area contributed by atoms with E-state index in [0.717, 1.165) is 13.0 Å². The Morgan fingerprint density at radius 2 is 1.90 bits per heavy atom. The Kier molecular flexibility index (Phi) is 5.74. The summed E-state index contributed by atoms with van der Waals surface area (Å²) in [5.41, 5.74) is 0.682. The number of nitrogens with one attached hydrogen (secondary N) is 1. The summed E-state index contributed by atoms with van der Waals surface area (Å²) in [5, 5.41) is 3.59. The third-order valence-corrected chi connectivity index (χ3v) is 4.91. The van der Waals surface area contributed by atoms with Crippen molar-refractivity contribution < 1.29 is 8.78 Å². The minimum absolute atomic E-state index is 0.187. The first-order valence-electron chi connectivity index (χ1n) is 8.22. The minimum atomic E-state index is -0.352. The third-order valence-electron chi connectivity index (χ3n) is 4.91. The molecule has 1 saturated carbocycles. The molecule has 0 spiro atoms. The first-order valence-corrected chi connectivity index (χ1v) is 8.22. The second kappa shape index (κ2) is 7.35. The SMILES string of the molecule is CCCNC(Cc1cc(F)ccc1F)C1(C)CCCCC1. The van der Waals surface area contributed by atoms with Crippen LogP contribution in [0.4, 0.5) is 8.78 Å². The Morgan fingerprint density at radius 3 is 2.57 bits per heavy atom. The molecular formula is C18H27F2N. The lowest BCUT2D eigenvalue weighted by molar-refractivity contribution is 0.143. The normalized spacial score (nSPS) is 19.4. The molecule has 0 saturated heterocycles. The lowest BCUT2D eigenvalue weighted by Gasteiger charge is -2.41. The number of halogens is 2. The van der Waals surface area contributed by atoms with Crippen molar-refractivity contribution in [3.63, 3.8) is 0 Å². The van der Waals surface area contributed by atoms with E-state index >= 15 is 0 Å². The molecule has 0 bridgehead atoms. The van der Waals surface area contributed by atoms with Crippen LogP contribution in [0.3, 0.4) is 0 Å². The molecule has 3 heteroatoms. The molecule has 1 nitrogen and oxygen atoms in total.